The first-order valence-electron chi connectivity index (χ1n) is 6.39. The third kappa shape index (κ3) is 3.75. The fourth-order valence-corrected chi connectivity index (χ4v) is 2.81. The van der Waals surface area contributed by atoms with Crippen molar-refractivity contribution in [1.29, 1.82) is 0 Å². The Morgan fingerprint density at radius 1 is 1.32 bits per heavy atom. The Bertz CT molecular complexity index is 510. The number of rotatable bonds is 6. The summed E-state index contributed by atoms with van der Waals surface area (Å²) in [6.07, 6.45) is 4.62. The molecule has 0 amide bonds. The predicted molar refractivity (Wildman–Crippen MR) is 77.8 cm³/mol. The normalized spacial score (nSPS) is 12.4. The van der Waals surface area contributed by atoms with Crippen LogP contribution in [0.4, 0.5) is 0 Å². The van der Waals surface area contributed by atoms with E-state index in [2.05, 4.69) is 29.1 Å². The molecule has 0 radical (unpaired) electrons. The molecule has 2 heterocycles. The highest BCUT2D eigenvalue weighted by Crippen LogP contribution is 2.22. The lowest BCUT2D eigenvalue weighted by atomic mass is 10.2. The van der Waals surface area contributed by atoms with E-state index >= 15 is 0 Å². The molecule has 0 saturated carbocycles. The molecule has 0 bridgehead atoms. The van der Waals surface area contributed by atoms with Crippen LogP contribution in [-0.4, -0.2) is 23.6 Å². The van der Waals surface area contributed by atoms with Gasteiger partial charge in [0.1, 0.15) is 0 Å². The van der Waals surface area contributed by atoms with Crippen LogP contribution in [0, 0.1) is 0 Å². The van der Waals surface area contributed by atoms with E-state index in [9.17, 15) is 0 Å². The summed E-state index contributed by atoms with van der Waals surface area (Å²) < 4.78 is 5.05. The van der Waals surface area contributed by atoms with E-state index in [-0.39, 0.29) is 0 Å². The monoisotopic (exact) mass is 277 g/mol. The van der Waals surface area contributed by atoms with Crippen molar-refractivity contribution in [2.24, 2.45) is 0 Å². The molecule has 0 aliphatic carbocycles. The maximum Gasteiger partial charge on any atom is 0.212 e. The summed E-state index contributed by atoms with van der Waals surface area (Å²) in [5.41, 5.74) is 1.15. The maximum atomic E-state index is 5.05. The molecule has 0 saturated heterocycles. The largest absolute Gasteiger partial charge is 0.481 e. The van der Waals surface area contributed by atoms with E-state index < -0.39 is 0 Å². The van der Waals surface area contributed by atoms with Crippen LogP contribution in [0.3, 0.4) is 0 Å². The number of nitrogens with zero attached hydrogens (tertiary/aromatic N) is 2. The second kappa shape index (κ2) is 6.63. The molecule has 5 heteroatoms. The molecule has 2 aromatic heterocycles. The molecule has 19 heavy (non-hydrogen) atoms. The van der Waals surface area contributed by atoms with Crippen molar-refractivity contribution < 1.29 is 4.74 Å². The first-order chi connectivity index (χ1) is 9.22. The number of aromatic nitrogens is 2. The van der Waals surface area contributed by atoms with Crippen molar-refractivity contribution in [3.05, 3.63) is 40.0 Å². The van der Waals surface area contributed by atoms with Crippen molar-refractivity contribution in [3.63, 3.8) is 0 Å². The van der Waals surface area contributed by atoms with Crippen LogP contribution in [0.5, 0.6) is 5.88 Å². The second-order valence-electron chi connectivity index (χ2n) is 4.32. The van der Waals surface area contributed by atoms with E-state index in [1.165, 1.54) is 4.88 Å². The van der Waals surface area contributed by atoms with Crippen LogP contribution in [-0.2, 0) is 6.42 Å². The number of thiazole rings is 1. The molecular weight excluding hydrogens is 258 g/mol. The van der Waals surface area contributed by atoms with Gasteiger partial charge >= 0.3 is 0 Å². The lowest BCUT2D eigenvalue weighted by molar-refractivity contribution is 0.397. The molecule has 4 nitrogen and oxygen atoms in total. The van der Waals surface area contributed by atoms with Gasteiger partial charge in [-0.1, -0.05) is 13.0 Å². The van der Waals surface area contributed by atoms with Gasteiger partial charge in [-0.25, -0.2) is 9.97 Å². The van der Waals surface area contributed by atoms with E-state index in [1.54, 1.807) is 18.4 Å². The predicted octanol–water partition coefficient (Wildman–Crippen LogP) is 2.81. The lowest BCUT2D eigenvalue weighted by Gasteiger charge is -2.08. The van der Waals surface area contributed by atoms with Crippen LogP contribution in [0.15, 0.2) is 24.5 Å². The van der Waals surface area contributed by atoms with Crippen LogP contribution in [0.2, 0.25) is 0 Å². The smallest absolute Gasteiger partial charge is 0.212 e. The number of hydrogen-bond acceptors (Lipinski definition) is 5. The quantitative estimate of drug-likeness (QED) is 0.882. The molecule has 0 aromatic carbocycles. The van der Waals surface area contributed by atoms with Gasteiger partial charge in [0.25, 0.3) is 0 Å². The molecule has 1 atom stereocenters. The van der Waals surface area contributed by atoms with Crippen molar-refractivity contribution in [3.8, 4) is 5.88 Å². The number of pyridine rings is 1. The molecular formula is C14H19N3OS. The van der Waals surface area contributed by atoms with Crippen LogP contribution in [0.25, 0.3) is 0 Å². The van der Waals surface area contributed by atoms with Gasteiger partial charge in [0, 0.05) is 35.8 Å². The highest BCUT2D eigenvalue weighted by Gasteiger charge is 2.09. The minimum atomic E-state index is 0.366. The summed E-state index contributed by atoms with van der Waals surface area (Å²) in [7, 11) is 1.62. The number of hydrogen-bond donors (Lipinski definition) is 1. The molecule has 1 N–H and O–H groups in total. The lowest BCUT2D eigenvalue weighted by Crippen LogP contribution is -2.16. The minimum absolute atomic E-state index is 0.366. The Morgan fingerprint density at radius 3 is 2.79 bits per heavy atom. The highest BCUT2D eigenvalue weighted by atomic mass is 32.1. The Labute approximate surface area is 117 Å². The summed E-state index contributed by atoms with van der Waals surface area (Å²) in [4.78, 5) is 9.96. The fourth-order valence-electron chi connectivity index (χ4n) is 1.82. The number of nitrogens with one attached hydrogen (secondary N) is 1. The van der Waals surface area contributed by atoms with Gasteiger partial charge in [0.05, 0.1) is 12.1 Å². The van der Waals surface area contributed by atoms with Gasteiger partial charge in [-0.3, -0.25) is 0 Å². The van der Waals surface area contributed by atoms with E-state index in [0.717, 1.165) is 23.5 Å². The molecule has 0 spiro atoms. The van der Waals surface area contributed by atoms with E-state index in [4.69, 9.17) is 4.74 Å². The summed E-state index contributed by atoms with van der Waals surface area (Å²) >= 11 is 1.75. The highest BCUT2D eigenvalue weighted by molar-refractivity contribution is 7.11. The molecule has 1 unspecified atom stereocenters. The third-order valence-corrected chi connectivity index (χ3v) is 4.05. The fraction of sp³-hybridized carbons (Fsp3) is 0.429. The summed E-state index contributed by atoms with van der Waals surface area (Å²) in [6.45, 7) is 5.24. The van der Waals surface area contributed by atoms with Gasteiger partial charge in [-0.2, -0.15) is 0 Å². The molecule has 0 aliphatic heterocycles. The standard InChI is InChI=1S/C14H19N3OS/c1-4-15-10(2)12-9-17-14(19-12)7-11-5-6-13(18-3)16-8-11/h5-6,8-10,15H,4,7H2,1-3H3. The first-order valence-corrected chi connectivity index (χ1v) is 7.21. The molecule has 0 fully saturated rings. The number of ether oxygens (including phenoxy) is 1. The van der Waals surface area contributed by atoms with Crippen LogP contribution < -0.4 is 10.1 Å². The van der Waals surface area contributed by atoms with Crippen LogP contribution >= 0.6 is 11.3 Å². The Kier molecular flexibility index (Phi) is 4.87. The zero-order valence-corrected chi connectivity index (χ0v) is 12.3. The zero-order chi connectivity index (χ0) is 13.7. The van der Waals surface area contributed by atoms with Crippen molar-refractivity contribution >= 4 is 11.3 Å². The van der Waals surface area contributed by atoms with E-state index in [0.29, 0.717) is 11.9 Å². The van der Waals surface area contributed by atoms with Crippen molar-refractivity contribution in [2.45, 2.75) is 26.3 Å². The van der Waals surface area contributed by atoms with Crippen molar-refractivity contribution in [2.75, 3.05) is 13.7 Å². The average molecular weight is 277 g/mol. The summed E-state index contributed by atoms with van der Waals surface area (Å²) in [5.74, 6) is 0.643. The Hall–Kier alpha value is -1.46. The Balaban J connectivity index is 2.02. The average Bonchev–Trinajstić information content (AvgIpc) is 2.88. The molecule has 0 aliphatic rings. The Morgan fingerprint density at radius 2 is 2.16 bits per heavy atom. The van der Waals surface area contributed by atoms with E-state index in [1.807, 2.05) is 24.5 Å². The van der Waals surface area contributed by atoms with Gasteiger partial charge in [-0.05, 0) is 19.0 Å². The van der Waals surface area contributed by atoms with Gasteiger partial charge < -0.3 is 10.1 Å². The van der Waals surface area contributed by atoms with Gasteiger partial charge in [-0.15, -0.1) is 11.3 Å². The molecule has 2 aromatic rings. The number of methoxy groups -OCH3 is 1. The zero-order valence-electron chi connectivity index (χ0n) is 11.5. The molecule has 2 rings (SSSR count). The SMILES string of the molecule is CCNC(C)c1cnc(Cc2ccc(OC)nc2)s1. The summed E-state index contributed by atoms with van der Waals surface area (Å²) in [5, 5.41) is 4.51. The van der Waals surface area contributed by atoms with Gasteiger partial charge in [0.15, 0.2) is 0 Å². The molecule has 102 valence electrons. The second-order valence-corrected chi connectivity index (χ2v) is 5.47. The topological polar surface area (TPSA) is 47.0 Å². The minimum Gasteiger partial charge on any atom is -0.481 e. The first kappa shape index (κ1) is 14.0. The van der Waals surface area contributed by atoms with Crippen LogP contribution in [0.1, 0.15) is 35.3 Å². The summed E-state index contributed by atoms with van der Waals surface area (Å²) in [6, 6.07) is 4.27. The maximum absolute atomic E-state index is 5.05. The third-order valence-electron chi connectivity index (χ3n) is 2.87. The van der Waals surface area contributed by atoms with Crippen molar-refractivity contribution in [1.82, 2.24) is 15.3 Å². The van der Waals surface area contributed by atoms with Gasteiger partial charge in [0.2, 0.25) is 5.88 Å².